The SMILES string of the molecule is CCCC(CCCOc1ccccc1)C1=CCC(CCC(CC)CC)CC1. The van der Waals surface area contributed by atoms with Gasteiger partial charge in [-0.1, -0.05) is 76.3 Å². The van der Waals surface area contributed by atoms with E-state index in [-0.39, 0.29) is 0 Å². The normalized spacial score (nSPS) is 18.4. The second-order valence-corrected chi connectivity index (χ2v) is 8.47. The second kappa shape index (κ2) is 13.0. The summed E-state index contributed by atoms with van der Waals surface area (Å²) < 4.78 is 5.90. The average Bonchev–Trinajstić information content (AvgIpc) is 2.72. The zero-order chi connectivity index (χ0) is 19.3. The molecule has 0 saturated heterocycles. The first kappa shape index (κ1) is 22.1. The van der Waals surface area contributed by atoms with Crippen molar-refractivity contribution in [1.29, 1.82) is 0 Å². The van der Waals surface area contributed by atoms with Gasteiger partial charge in [0.1, 0.15) is 5.75 Å². The lowest BCUT2D eigenvalue weighted by Gasteiger charge is -2.28. The van der Waals surface area contributed by atoms with Crippen molar-refractivity contribution in [3.63, 3.8) is 0 Å². The molecule has 0 fully saturated rings. The van der Waals surface area contributed by atoms with Crippen molar-refractivity contribution >= 4 is 0 Å². The van der Waals surface area contributed by atoms with E-state index in [0.29, 0.717) is 0 Å². The molecule has 0 aromatic heterocycles. The zero-order valence-electron chi connectivity index (χ0n) is 18.1. The van der Waals surface area contributed by atoms with Crippen LogP contribution in [-0.4, -0.2) is 6.61 Å². The van der Waals surface area contributed by atoms with E-state index in [1.54, 1.807) is 5.57 Å². The van der Waals surface area contributed by atoms with Gasteiger partial charge in [-0.2, -0.15) is 0 Å². The Morgan fingerprint density at radius 3 is 2.41 bits per heavy atom. The van der Waals surface area contributed by atoms with Gasteiger partial charge >= 0.3 is 0 Å². The van der Waals surface area contributed by atoms with Gasteiger partial charge in [0.05, 0.1) is 6.61 Å². The third kappa shape index (κ3) is 8.11. The molecule has 1 aromatic rings. The van der Waals surface area contributed by atoms with Gasteiger partial charge in [0.15, 0.2) is 0 Å². The Bertz CT molecular complexity index is 514. The highest BCUT2D eigenvalue weighted by Crippen LogP contribution is 2.35. The number of hydrogen-bond acceptors (Lipinski definition) is 1. The molecule has 2 rings (SSSR count). The van der Waals surface area contributed by atoms with E-state index in [9.17, 15) is 0 Å². The summed E-state index contributed by atoms with van der Waals surface area (Å²) in [5, 5.41) is 0. The molecule has 0 amide bonds. The van der Waals surface area contributed by atoms with Gasteiger partial charge in [0.2, 0.25) is 0 Å². The number of benzene rings is 1. The molecule has 1 heteroatoms. The molecule has 0 spiro atoms. The maximum atomic E-state index is 5.90. The van der Waals surface area contributed by atoms with Crippen LogP contribution in [0.1, 0.15) is 91.4 Å². The zero-order valence-corrected chi connectivity index (χ0v) is 18.1. The smallest absolute Gasteiger partial charge is 0.119 e. The number of rotatable bonds is 13. The lowest BCUT2D eigenvalue weighted by molar-refractivity contribution is 0.291. The van der Waals surface area contributed by atoms with Gasteiger partial charge < -0.3 is 4.74 Å². The van der Waals surface area contributed by atoms with Crippen LogP contribution in [0, 0.1) is 17.8 Å². The fraction of sp³-hybridized carbons (Fsp3) is 0.692. The van der Waals surface area contributed by atoms with Crippen LogP contribution in [0.15, 0.2) is 42.0 Å². The predicted octanol–water partition coefficient (Wildman–Crippen LogP) is 8.20. The van der Waals surface area contributed by atoms with E-state index >= 15 is 0 Å². The standard InChI is InChI=1S/C26H42O/c1-4-11-24(12-10-21-27-26-13-8-7-9-14-26)25-19-17-23(18-20-25)16-15-22(5-2)6-3/h7-9,13-14,19,22-24H,4-6,10-12,15-18,20-21H2,1-3H3. The Kier molecular flexibility index (Phi) is 10.6. The summed E-state index contributed by atoms with van der Waals surface area (Å²) >= 11 is 0. The van der Waals surface area contributed by atoms with Crippen LogP contribution < -0.4 is 4.74 Å². The van der Waals surface area contributed by atoms with Crippen LogP contribution in [0.25, 0.3) is 0 Å². The van der Waals surface area contributed by atoms with Crippen molar-refractivity contribution in [2.75, 3.05) is 6.61 Å². The lowest BCUT2D eigenvalue weighted by Crippen LogP contribution is -2.14. The molecule has 0 heterocycles. The van der Waals surface area contributed by atoms with Gasteiger partial charge in [0, 0.05) is 0 Å². The number of hydrogen-bond donors (Lipinski definition) is 0. The molecule has 2 unspecified atom stereocenters. The molecular weight excluding hydrogens is 328 g/mol. The molecule has 0 N–H and O–H groups in total. The predicted molar refractivity (Wildman–Crippen MR) is 118 cm³/mol. The van der Waals surface area contributed by atoms with Crippen LogP contribution in [0.2, 0.25) is 0 Å². The fourth-order valence-corrected chi connectivity index (χ4v) is 4.61. The van der Waals surface area contributed by atoms with Crippen LogP contribution >= 0.6 is 0 Å². The number of ether oxygens (including phenoxy) is 1. The molecule has 152 valence electrons. The first-order chi connectivity index (χ1) is 13.3. The molecule has 1 aliphatic rings. The molecule has 0 bridgehead atoms. The Morgan fingerprint density at radius 2 is 1.78 bits per heavy atom. The Balaban J connectivity index is 1.73. The molecule has 0 saturated carbocycles. The minimum absolute atomic E-state index is 0.786. The monoisotopic (exact) mass is 370 g/mol. The third-order valence-electron chi connectivity index (χ3n) is 6.56. The first-order valence-corrected chi connectivity index (χ1v) is 11.6. The molecule has 1 aliphatic carbocycles. The summed E-state index contributed by atoms with van der Waals surface area (Å²) in [4.78, 5) is 0. The summed E-state index contributed by atoms with van der Waals surface area (Å²) in [6.45, 7) is 7.87. The first-order valence-electron chi connectivity index (χ1n) is 11.6. The minimum Gasteiger partial charge on any atom is -0.494 e. The van der Waals surface area contributed by atoms with Crippen molar-refractivity contribution < 1.29 is 4.74 Å². The fourth-order valence-electron chi connectivity index (χ4n) is 4.61. The quantitative estimate of drug-likeness (QED) is 0.251. The molecule has 27 heavy (non-hydrogen) atoms. The van der Waals surface area contributed by atoms with E-state index in [1.807, 2.05) is 18.2 Å². The molecule has 2 atom stereocenters. The minimum atomic E-state index is 0.786. The highest BCUT2D eigenvalue weighted by molar-refractivity contribution is 5.20. The van der Waals surface area contributed by atoms with Gasteiger partial charge in [-0.25, -0.2) is 0 Å². The van der Waals surface area contributed by atoms with E-state index < -0.39 is 0 Å². The van der Waals surface area contributed by atoms with E-state index in [2.05, 4.69) is 39.0 Å². The van der Waals surface area contributed by atoms with Crippen LogP contribution in [0.4, 0.5) is 0 Å². The Morgan fingerprint density at radius 1 is 1.00 bits per heavy atom. The summed E-state index contributed by atoms with van der Waals surface area (Å²) in [7, 11) is 0. The van der Waals surface area contributed by atoms with E-state index in [0.717, 1.165) is 36.5 Å². The molecule has 1 aromatic carbocycles. The highest BCUT2D eigenvalue weighted by Gasteiger charge is 2.20. The molecule has 1 nitrogen and oxygen atoms in total. The number of para-hydroxylation sites is 1. The van der Waals surface area contributed by atoms with Crippen molar-refractivity contribution in [3.05, 3.63) is 42.0 Å². The highest BCUT2D eigenvalue weighted by atomic mass is 16.5. The van der Waals surface area contributed by atoms with Gasteiger partial charge in [-0.3, -0.25) is 0 Å². The van der Waals surface area contributed by atoms with E-state index in [4.69, 9.17) is 4.74 Å². The summed E-state index contributed by atoms with van der Waals surface area (Å²) in [5.74, 6) is 3.68. The summed E-state index contributed by atoms with van der Waals surface area (Å²) in [6.07, 6.45) is 17.4. The van der Waals surface area contributed by atoms with E-state index in [1.165, 1.54) is 64.2 Å². The van der Waals surface area contributed by atoms with Gasteiger partial charge in [0.25, 0.3) is 0 Å². The topological polar surface area (TPSA) is 9.23 Å². The summed E-state index contributed by atoms with van der Waals surface area (Å²) in [5.41, 5.74) is 1.76. The van der Waals surface area contributed by atoms with Crippen LogP contribution in [-0.2, 0) is 0 Å². The average molecular weight is 371 g/mol. The molecular formula is C26H42O. The molecule has 0 aliphatic heterocycles. The van der Waals surface area contributed by atoms with Crippen molar-refractivity contribution in [3.8, 4) is 5.75 Å². The third-order valence-corrected chi connectivity index (χ3v) is 6.56. The largest absolute Gasteiger partial charge is 0.494 e. The van der Waals surface area contributed by atoms with Gasteiger partial charge in [-0.05, 0) is 74.8 Å². The van der Waals surface area contributed by atoms with Gasteiger partial charge in [-0.15, -0.1) is 0 Å². The van der Waals surface area contributed by atoms with Crippen molar-refractivity contribution in [1.82, 2.24) is 0 Å². The second-order valence-electron chi connectivity index (χ2n) is 8.47. The molecule has 0 radical (unpaired) electrons. The summed E-state index contributed by atoms with van der Waals surface area (Å²) in [6, 6.07) is 10.2. The maximum Gasteiger partial charge on any atom is 0.119 e. The van der Waals surface area contributed by atoms with Crippen LogP contribution in [0.5, 0.6) is 5.75 Å². The maximum absolute atomic E-state index is 5.90. The van der Waals surface area contributed by atoms with Crippen LogP contribution in [0.3, 0.4) is 0 Å². The number of allylic oxidation sites excluding steroid dienone is 2. The van der Waals surface area contributed by atoms with Crippen molar-refractivity contribution in [2.45, 2.75) is 91.4 Å². The van der Waals surface area contributed by atoms with Crippen molar-refractivity contribution in [2.24, 2.45) is 17.8 Å². The lowest BCUT2D eigenvalue weighted by atomic mass is 9.78. The Hall–Kier alpha value is -1.24. The Labute approximate surface area is 168 Å².